The number of carbonyl (C=O) groups is 1. The topological polar surface area (TPSA) is 56.1 Å². The van der Waals surface area contributed by atoms with Crippen molar-refractivity contribution in [3.05, 3.63) is 72.8 Å². The molecular formula is C20H20FN3O2. The van der Waals surface area contributed by atoms with Gasteiger partial charge in [-0.05, 0) is 30.7 Å². The maximum Gasteiger partial charge on any atom is 0.257 e. The van der Waals surface area contributed by atoms with Gasteiger partial charge in [0.1, 0.15) is 17.4 Å². The van der Waals surface area contributed by atoms with Crippen LogP contribution in [0.25, 0.3) is 11.4 Å². The van der Waals surface area contributed by atoms with E-state index in [1.807, 2.05) is 36.5 Å². The van der Waals surface area contributed by atoms with E-state index in [2.05, 4.69) is 14.9 Å². The van der Waals surface area contributed by atoms with E-state index >= 15 is 0 Å². The average Bonchev–Trinajstić information content (AvgIpc) is 3.14. The lowest BCUT2D eigenvalue weighted by Gasteiger charge is -2.09. The summed E-state index contributed by atoms with van der Waals surface area (Å²) >= 11 is 0. The summed E-state index contributed by atoms with van der Waals surface area (Å²) < 4.78 is 20.2. The van der Waals surface area contributed by atoms with Gasteiger partial charge in [0.15, 0.2) is 6.61 Å². The van der Waals surface area contributed by atoms with Gasteiger partial charge < -0.3 is 14.6 Å². The number of nitrogens with one attached hydrogen (secondary N) is 1. The van der Waals surface area contributed by atoms with E-state index in [4.69, 9.17) is 4.74 Å². The van der Waals surface area contributed by atoms with E-state index in [9.17, 15) is 9.18 Å². The van der Waals surface area contributed by atoms with Crippen molar-refractivity contribution in [2.24, 2.45) is 0 Å². The molecule has 1 heterocycles. The van der Waals surface area contributed by atoms with Crippen LogP contribution in [-0.4, -0.2) is 28.6 Å². The molecule has 0 spiro atoms. The Bertz CT molecular complexity index is 832. The first-order valence-electron chi connectivity index (χ1n) is 8.44. The molecule has 0 aliphatic carbocycles. The standard InChI is InChI=1S/C20H20FN3O2/c21-17-7-9-18(10-8-17)26-15-19(25)22-11-4-13-24-14-12-23-20(24)16-5-2-1-3-6-16/h1-3,5-10,12,14H,4,11,13,15H2,(H,22,25). The number of hydrogen-bond acceptors (Lipinski definition) is 3. The largest absolute Gasteiger partial charge is 0.484 e. The van der Waals surface area contributed by atoms with Crippen LogP contribution in [0.15, 0.2) is 67.0 Å². The van der Waals surface area contributed by atoms with Gasteiger partial charge in [-0.25, -0.2) is 9.37 Å². The van der Waals surface area contributed by atoms with Gasteiger partial charge in [-0.1, -0.05) is 30.3 Å². The summed E-state index contributed by atoms with van der Waals surface area (Å²) in [4.78, 5) is 16.2. The van der Waals surface area contributed by atoms with Crippen molar-refractivity contribution in [1.82, 2.24) is 14.9 Å². The van der Waals surface area contributed by atoms with Crippen LogP contribution in [0.5, 0.6) is 5.75 Å². The molecule has 6 heteroatoms. The van der Waals surface area contributed by atoms with E-state index < -0.39 is 0 Å². The van der Waals surface area contributed by atoms with Crippen molar-refractivity contribution < 1.29 is 13.9 Å². The molecular weight excluding hydrogens is 333 g/mol. The second-order valence-electron chi connectivity index (χ2n) is 5.76. The molecule has 26 heavy (non-hydrogen) atoms. The zero-order valence-corrected chi connectivity index (χ0v) is 14.3. The summed E-state index contributed by atoms with van der Waals surface area (Å²) in [5, 5.41) is 2.81. The third-order valence-electron chi connectivity index (χ3n) is 3.83. The fraction of sp³-hybridized carbons (Fsp3) is 0.200. The number of carbonyl (C=O) groups excluding carboxylic acids is 1. The molecule has 0 radical (unpaired) electrons. The molecule has 0 saturated heterocycles. The average molecular weight is 353 g/mol. The minimum Gasteiger partial charge on any atom is -0.484 e. The van der Waals surface area contributed by atoms with Gasteiger partial charge in [0.2, 0.25) is 0 Å². The third kappa shape index (κ3) is 4.92. The molecule has 2 aromatic carbocycles. The highest BCUT2D eigenvalue weighted by atomic mass is 19.1. The zero-order valence-electron chi connectivity index (χ0n) is 14.3. The smallest absolute Gasteiger partial charge is 0.257 e. The predicted molar refractivity (Wildman–Crippen MR) is 97.2 cm³/mol. The van der Waals surface area contributed by atoms with E-state index in [0.717, 1.165) is 24.4 Å². The first kappa shape index (κ1) is 17.7. The van der Waals surface area contributed by atoms with Crippen LogP contribution in [0.2, 0.25) is 0 Å². The number of rotatable bonds is 8. The van der Waals surface area contributed by atoms with Gasteiger partial charge in [0.25, 0.3) is 5.91 Å². The number of aryl methyl sites for hydroxylation is 1. The Morgan fingerprint density at radius 3 is 2.65 bits per heavy atom. The van der Waals surface area contributed by atoms with Gasteiger partial charge in [-0.15, -0.1) is 0 Å². The maximum atomic E-state index is 12.8. The van der Waals surface area contributed by atoms with Gasteiger partial charge in [0.05, 0.1) is 0 Å². The van der Waals surface area contributed by atoms with Crippen LogP contribution < -0.4 is 10.1 Å². The Hall–Kier alpha value is -3.15. The number of nitrogens with zero attached hydrogens (tertiary/aromatic N) is 2. The number of benzene rings is 2. The number of imidazole rings is 1. The molecule has 0 aliphatic heterocycles. The number of aromatic nitrogens is 2. The lowest BCUT2D eigenvalue weighted by atomic mass is 10.2. The predicted octanol–water partition coefficient (Wildman–Crippen LogP) is 3.27. The fourth-order valence-electron chi connectivity index (χ4n) is 2.55. The zero-order chi connectivity index (χ0) is 18.2. The van der Waals surface area contributed by atoms with Crippen molar-refractivity contribution in [2.45, 2.75) is 13.0 Å². The minimum atomic E-state index is -0.337. The number of halogens is 1. The molecule has 5 nitrogen and oxygen atoms in total. The molecule has 0 unspecified atom stereocenters. The Morgan fingerprint density at radius 1 is 1.12 bits per heavy atom. The Morgan fingerprint density at radius 2 is 1.88 bits per heavy atom. The first-order valence-corrected chi connectivity index (χ1v) is 8.44. The normalized spacial score (nSPS) is 10.5. The lowest BCUT2D eigenvalue weighted by molar-refractivity contribution is -0.123. The van der Waals surface area contributed by atoms with Crippen LogP contribution in [0.4, 0.5) is 4.39 Å². The van der Waals surface area contributed by atoms with Crippen molar-refractivity contribution in [3.8, 4) is 17.1 Å². The molecule has 0 aliphatic rings. The Balaban J connectivity index is 1.40. The molecule has 0 fully saturated rings. The molecule has 134 valence electrons. The summed E-state index contributed by atoms with van der Waals surface area (Å²) in [5.74, 6) is 0.837. The highest BCUT2D eigenvalue weighted by Crippen LogP contribution is 2.16. The van der Waals surface area contributed by atoms with E-state index in [1.165, 1.54) is 24.3 Å². The van der Waals surface area contributed by atoms with Gasteiger partial charge in [-0.2, -0.15) is 0 Å². The summed E-state index contributed by atoms with van der Waals surface area (Å²) in [6.45, 7) is 1.20. The molecule has 3 rings (SSSR count). The van der Waals surface area contributed by atoms with Crippen LogP contribution in [-0.2, 0) is 11.3 Å². The maximum absolute atomic E-state index is 12.8. The molecule has 1 amide bonds. The van der Waals surface area contributed by atoms with Gasteiger partial charge >= 0.3 is 0 Å². The summed E-state index contributed by atoms with van der Waals surface area (Å²) in [5.41, 5.74) is 1.06. The minimum absolute atomic E-state index is 0.0913. The monoisotopic (exact) mass is 353 g/mol. The molecule has 0 atom stereocenters. The fourth-order valence-corrected chi connectivity index (χ4v) is 2.55. The van der Waals surface area contributed by atoms with Gasteiger partial charge in [-0.3, -0.25) is 4.79 Å². The lowest BCUT2D eigenvalue weighted by Crippen LogP contribution is -2.30. The number of hydrogen-bond donors (Lipinski definition) is 1. The van der Waals surface area contributed by atoms with E-state index in [1.54, 1.807) is 6.20 Å². The quantitative estimate of drug-likeness (QED) is 0.633. The van der Waals surface area contributed by atoms with E-state index in [-0.39, 0.29) is 18.3 Å². The van der Waals surface area contributed by atoms with Crippen LogP contribution in [0, 0.1) is 5.82 Å². The highest BCUT2D eigenvalue weighted by Gasteiger charge is 2.06. The van der Waals surface area contributed by atoms with Crippen molar-refractivity contribution >= 4 is 5.91 Å². The second kappa shape index (κ2) is 8.80. The highest BCUT2D eigenvalue weighted by molar-refractivity contribution is 5.77. The van der Waals surface area contributed by atoms with Crippen molar-refractivity contribution in [2.75, 3.05) is 13.2 Å². The first-order chi connectivity index (χ1) is 12.7. The summed E-state index contributed by atoms with van der Waals surface area (Å²) in [6, 6.07) is 15.6. The SMILES string of the molecule is O=C(COc1ccc(F)cc1)NCCCn1ccnc1-c1ccccc1. The van der Waals surface area contributed by atoms with Gasteiger partial charge in [0, 0.05) is 31.0 Å². The summed E-state index contributed by atoms with van der Waals surface area (Å²) in [7, 11) is 0. The Kier molecular flexibility index (Phi) is 5.98. The molecule has 1 aromatic heterocycles. The molecule has 3 aromatic rings. The second-order valence-corrected chi connectivity index (χ2v) is 5.76. The molecule has 1 N–H and O–H groups in total. The summed E-state index contributed by atoms with van der Waals surface area (Å²) in [6.07, 6.45) is 4.48. The van der Waals surface area contributed by atoms with Crippen LogP contribution >= 0.6 is 0 Å². The molecule has 0 saturated carbocycles. The van der Waals surface area contributed by atoms with Crippen molar-refractivity contribution in [3.63, 3.8) is 0 Å². The third-order valence-corrected chi connectivity index (χ3v) is 3.83. The number of amides is 1. The molecule has 0 bridgehead atoms. The van der Waals surface area contributed by atoms with Crippen LogP contribution in [0.3, 0.4) is 0 Å². The Labute approximate surface area is 151 Å². The number of ether oxygens (including phenoxy) is 1. The van der Waals surface area contributed by atoms with E-state index in [0.29, 0.717) is 12.3 Å². The van der Waals surface area contributed by atoms with Crippen molar-refractivity contribution in [1.29, 1.82) is 0 Å². The van der Waals surface area contributed by atoms with Crippen LogP contribution in [0.1, 0.15) is 6.42 Å².